The van der Waals surface area contributed by atoms with Crippen molar-refractivity contribution < 1.29 is 4.79 Å². The van der Waals surface area contributed by atoms with Gasteiger partial charge in [0.25, 0.3) is 0 Å². The topological polar surface area (TPSA) is 60.9 Å². The first-order chi connectivity index (χ1) is 7.00. The van der Waals surface area contributed by atoms with Gasteiger partial charge in [-0.05, 0) is 0 Å². The van der Waals surface area contributed by atoms with Crippen LogP contribution in [0, 0.1) is 0 Å². The second-order valence-electron chi connectivity index (χ2n) is 4.57. The second kappa shape index (κ2) is 3.45. The lowest BCUT2D eigenvalue weighted by Gasteiger charge is -2.17. The maximum Gasteiger partial charge on any atom is 0.184 e. The van der Waals surface area contributed by atoms with Gasteiger partial charge in [0.15, 0.2) is 5.78 Å². The zero-order valence-corrected chi connectivity index (χ0v) is 9.45. The van der Waals surface area contributed by atoms with Crippen molar-refractivity contribution in [3.8, 4) is 0 Å². The number of carbonyl (C=O) groups is 1. The van der Waals surface area contributed by atoms with Gasteiger partial charge in [0, 0.05) is 37.5 Å². The molecule has 0 aromatic carbocycles. The number of nitrogens with zero attached hydrogens (tertiary/aromatic N) is 2. The molecule has 2 rings (SSSR count). The lowest BCUT2D eigenvalue weighted by atomic mass is 9.95. The zero-order valence-electron chi connectivity index (χ0n) is 9.45. The van der Waals surface area contributed by atoms with Gasteiger partial charge in [-0.15, -0.1) is 0 Å². The minimum absolute atomic E-state index is 0.0413. The molecule has 82 valence electrons. The van der Waals surface area contributed by atoms with Crippen LogP contribution in [0.15, 0.2) is 0 Å². The van der Waals surface area contributed by atoms with Crippen LogP contribution in [0.1, 0.15) is 48.2 Å². The van der Waals surface area contributed by atoms with Crippen molar-refractivity contribution >= 4 is 5.78 Å². The van der Waals surface area contributed by atoms with Crippen LogP contribution >= 0.6 is 0 Å². The van der Waals surface area contributed by atoms with Crippen molar-refractivity contribution in [2.45, 2.75) is 38.6 Å². The summed E-state index contributed by atoms with van der Waals surface area (Å²) in [5, 5.41) is 0. The van der Waals surface area contributed by atoms with Gasteiger partial charge in [0.1, 0.15) is 11.5 Å². The van der Waals surface area contributed by atoms with Crippen molar-refractivity contribution in [2.75, 3.05) is 0 Å². The summed E-state index contributed by atoms with van der Waals surface area (Å²) in [5.41, 5.74) is 7.48. The van der Waals surface area contributed by atoms with E-state index in [9.17, 15) is 4.79 Å². The Morgan fingerprint density at radius 1 is 1.47 bits per heavy atom. The predicted octanol–water partition coefficient (Wildman–Crippen LogP) is 1.000. The van der Waals surface area contributed by atoms with E-state index in [2.05, 4.69) is 18.8 Å². The quantitative estimate of drug-likeness (QED) is 0.747. The molecule has 1 aromatic rings. The number of hydrogen-bond donors (Lipinski definition) is 1. The molecule has 1 aliphatic carbocycles. The summed E-state index contributed by atoms with van der Waals surface area (Å²) < 4.78 is 2.02. The fourth-order valence-corrected chi connectivity index (χ4v) is 2.18. The second-order valence-corrected chi connectivity index (χ2v) is 4.57. The zero-order chi connectivity index (χ0) is 11.2. The number of rotatable bonds is 1. The maximum atomic E-state index is 11.7. The summed E-state index contributed by atoms with van der Waals surface area (Å²) in [5.74, 6) is 1.40. The van der Waals surface area contributed by atoms with Crippen LogP contribution in [0.5, 0.6) is 0 Å². The van der Waals surface area contributed by atoms with Crippen molar-refractivity contribution in [3.63, 3.8) is 0 Å². The molecule has 0 saturated carbocycles. The fourth-order valence-electron chi connectivity index (χ4n) is 2.18. The number of imidazole rings is 1. The molecule has 1 aromatic heterocycles. The molecule has 0 radical (unpaired) electrons. The molecule has 0 bridgehead atoms. The molecule has 4 nitrogen and oxygen atoms in total. The van der Waals surface area contributed by atoms with E-state index in [1.807, 2.05) is 11.6 Å². The summed E-state index contributed by atoms with van der Waals surface area (Å²) in [4.78, 5) is 16.2. The molecule has 4 heteroatoms. The molecule has 1 unspecified atom stereocenters. The number of hydrogen-bond acceptors (Lipinski definition) is 3. The van der Waals surface area contributed by atoms with E-state index in [1.165, 1.54) is 0 Å². The third-order valence-electron chi connectivity index (χ3n) is 2.93. The molecule has 2 N–H and O–H groups in total. The fraction of sp³-hybridized carbons (Fsp3) is 0.636. The van der Waals surface area contributed by atoms with E-state index >= 15 is 0 Å². The number of Topliss-reactive ketones (excluding diaryl/α,β-unsaturated/α-hetero) is 1. The number of carbonyl (C=O) groups excluding carboxylic acids is 1. The summed E-state index contributed by atoms with van der Waals surface area (Å²) in [6.07, 6.45) is 1.19. The number of fused-ring (bicyclic) bond motifs is 1. The molecule has 0 fully saturated rings. The Hall–Kier alpha value is -1.16. The molecule has 1 heterocycles. The normalized spacial score (nSPS) is 20.9. The Balaban J connectivity index is 2.52. The van der Waals surface area contributed by atoms with Gasteiger partial charge in [0.05, 0.1) is 0 Å². The van der Waals surface area contributed by atoms with E-state index in [4.69, 9.17) is 5.73 Å². The third-order valence-corrected chi connectivity index (χ3v) is 2.93. The first-order valence-electron chi connectivity index (χ1n) is 5.35. The van der Waals surface area contributed by atoms with Gasteiger partial charge in [-0.1, -0.05) is 13.8 Å². The van der Waals surface area contributed by atoms with Crippen molar-refractivity contribution in [3.05, 3.63) is 17.2 Å². The summed E-state index contributed by atoms with van der Waals surface area (Å²) in [7, 11) is 1.96. The van der Waals surface area contributed by atoms with E-state index in [-0.39, 0.29) is 11.8 Å². The average Bonchev–Trinajstić information content (AvgIpc) is 2.44. The number of nitrogens with two attached hydrogens (primary N) is 1. The van der Waals surface area contributed by atoms with Crippen molar-refractivity contribution in [1.29, 1.82) is 0 Å². The van der Waals surface area contributed by atoms with E-state index in [0.29, 0.717) is 18.0 Å². The minimum atomic E-state index is -0.0413. The molecule has 1 atom stereocenters. The highest BCUT2D eigenvalue weighted by molar-refractivity contribution is 5.97. The molecule has 0 aliphatic heterocycles. The van der Waals surface area contributed by atoms with Gasteiger partial charge in [0.2, 0.25) is 0 Å². The smallest absolute Gasteiger partial charge is 0.184 e. The van der Waals surface area contributed by atoms with E-state index in [0.717, 1.165) is 17.9 Å². The standard InChI is InChI=1S/C11H17N3O/c1-6(2)11-13-10-8(14(11)3)4-7(12)5-9(10)15/h6-7H,4-5,12H2,1-3H3. The SMILES string of the molecule is CC(C)c1nc2c(n1C)CC(N)CC2=O. The molecular weight excluding hydrogens is 190 g/mol. The first-order valence-corrected chi connectivity index (χ1v) is 5.35. The monoisotopic (exact) mass is 207 g/mol. The van der Waals surface area contributed by atoms with Gasteiger partial charge < -0.3 is 10.3 Å². The summed E-state index contributed by atoms with van der Waals surface area (Å²) in [6.45, 7) is 4.16. The molecule has 1 aliphatic rings. The van der Waals surface area contributed by atoms with Crippen LogP contribution in [-0.2, 0) is 13.5 Å². The van der Waals surface area contributed by atoms with Crippen LogP contribution in [0.4, 0.5) is 0 Å². The predicted molar refractivity (Wildman–Crippen MR) is 57.9 cm³/mol. The van der Waals surface area contributed by atoms with Crippen molar-refractivity contribution in [1.82, 2.24) is 9.55 Å². The third kappa shape index (κ3) is 1.59. The first kappa shape index (κ1) is 10.4. The van der Waals surface area contributed by atoms with Crippen LogP contribution in [0.25, 0.3) is 0 Å². The van der Waals surface area contributed by atoms with Crippen LogP contribution in [0.3, 0.4) is 0 Å². The minimum Gasteiger partial charge on any atom is -0.334 e. The van der Waals surface area contributed by atoms with Gasteiger partial charge in [-0.25, -0.2) is 4.98 Å². The molecular formula is C11H17N3O. The van der Waals surface area contributed by atoms with E-state index in [1.54, 1.807) is 0 Å². The average molecular weight is 207 g/mol. The van der Waals surface area contributed by atoms with Gasteiger partial charge >= 0.3 is 0 Å². The number of aromatic nitrogens is 2. The highest BCUT2D eigenvalue weighted by Gasteiger charge is 2.28. The van der Waals surface area contributed by atoms with Crippen LogP contribution in [-0.4, -0.2) is 21.4 Å². The lowest BCUT2D eigenvalue weighted by Crippen LogP contribution is -2.32. The van der Waals surface area contributed by atoms with Crippen LogP contribution in [0.2, 0.25) is 0 Å². The van der Waals surface area contributed by atoms with Gasteiger partial charge in [-0.2, -0.15) is 0 Å². The molecule has 0 spiro atoms. The number of ketones is 1. The van der Waals surface area contributed by atoms with Gasteiger partial charge in [-0.3, -0.25) is 4.79 Å². The molecule has 0 saturated heterocycles. The maximum absolute atomic E-state index is 11.7. The summed E-state index contributed by atoms with van der Waals surface area (Å²) in [6, 6.07) is -0.0413. The highest BCUT2D eigenvalue weighted by atomic mass is 16.1. The van der Waals surface area contributed by atoms with E-state index < -0.39 is 0 Å². The Morgan fingerprint density at radius 2 is 2.13 bits per heavy atom. The Kier molecular flexibility index (Phi) is 2.38. The van der Waals surface area contributed by atoms with Crippen LogP contribution < -0.4 is 5.73 Å². The highest BCUT2D eigenvalue weighted by Crippen LogP contribution is 2.24. The molecule has 0 amide bonds. The molecule has 15 heavy (non-hydrogen) atoms. The lowest BCUT2D eigenvalue weighted by molar-refractivity contribution is 0.0960. The largest absolute Gasteiger partial charge is 0.334 e. The Labute approximate surface area is 89.5 Å². The van der Waals surface area contributed by atoms with Crippen molar-refractivity contribution in [2.24, 2.45) is 12.8 Å². The summed E-state index contributed by atoms with van der Waals surface area (Å²) >= 11 is 0. The Morgan fingerprint density at radius 3 is 2.73 bits per heavy atom. The Bertz CT molecular complexity index is 406.